The molecule has 1 unspecified atom stereocenters. The second-order valence-electron chi connectivity index (χ2n) is 5.05. The third kappa shape index (κ3) is 2.27. The molecule has 0 spiro atoms. The number of carbonyl (C=O) groups is 2. The van der Waals surface area contributed by atoms with Crippen LogP contribution in [0.15, 0.2) is 22.7 Å². The van der Waals surface area contributed by atoms with E-state index in [1.165, 1.54) is 0 Å². The van der Waals surface area contributed by atoms with E-state index in [4.69, 9.17) is 0 Å². The number of aldehydes is 1. The molecule has 1 aromatic rings. The summed E-state index contributed by atoms with van der Waals surface area (Å²) in [4.78, 5) is 26.7. The Morgan fingerprint density at radius 2 is 2.16 bits per heavy atom. The van der Waals surface area contributed by atoms with Crippen LogP contribution < -0.4 is 4.90 Å². The molecular weight excluding hydrogens is 308 g/mol. The molecule has 1 aromatic carbocycles. The fraction of sp³-hybridized carbons (Fsp3) is 0.429. The van der Waals surface area contributed by atoms with Gasteiger partial charge in [-0.3, -0.25) is 9.59 Å². The van der Waals surface area contributed by atoms with Crippen molar-refractivity contribution in [3.63, 3.8) is 0 Å². The van der Waals surface area contributed by atoms with Gasteiger partial charge >= 0.3 is 0 Å². The Balaban J connectivity index is 1.80. The SMILES string of the molecule is O=Cc1ccc(N2CCN3C(=O)CCC3C2)c(Br)c1. The Kier molecular flexibility index (Phi) is 3.31. The number of anilines is 1. The minimum atomic E-state index is 0.292. The lowest BCUT2D eigenvalue weighted by Gasteiger charge is -2.39. The number of rotatable bonds is 2. The topological polar surface area (TPSA) is 40.6 Å². The van der Waals surface area contributed by atoms with Crippen LogP contribution in [0.2, 0.25) is 0 Å². The van der Waals surface area contributed by atoms with Crippen LogP contribution in [0.5, 0.6) is 0 Å². The van der Waals surface area contributed by atoms with E-state index >= 15 is 0 Å². The van der Waals surface area contributed by atoms with Crippen LogP contribution in [0.25, 0.3) is 0 Å². The average Bonchev–Trinajstić information content (AvgIpc) is 2.79. The normalized spacial score (nSPS) is 22.6. The molecule has 4 nitrogen and oxygen atoms in total. The highest BCUT2D eigenvalue weighted by Crippen LogP contribution is 2.31. The Morgan fingerprint density at radius 3 is 2.89 bits per heavy atom. The standard InChI is InChI=1S/C14H15BrN2O2/c15-12-7-10(9-18)1-3-13(12)16-5-6-17-11(8-16)2-4-14(17)19/h1,3,7,9,11H,2,4-6,8H2. The van der Waals surface area contributed by atoms with Crippen molar-refractivity contribution in [1.29, 1.82) is 0 Å². The molecule has 2 aliphatic rings. The summed E-state index contributed by atoms with van der Waals surface area (Å²) in [6, 6.07) is 5.99. The second-order valence-corrected chi connectivity index (χ2v) is 5.91. The van der Waals surface area contributed by atoms with Gasteiger partial charge in [-0.05, 0) is 40.5 Å². The predicted molar refractivity (Wildman–Crippen MR) is 76.5 cm³/mol. The first kappa shape index (κ1) is 12.7. The molecule has 100 valence electrons. The van der Waals surface area contributed by atoms with E-state index in [1.54, 1.807) is 0 Å². The maximum atomic E-state index is 11.7. The summed E-state index contributed by atoms with van der Waals surface area (Å²) in [5.41, 5.74) is 1.77. The molecule has 0 aliphatic carbocycles. The first-order valence-electron chi connectivity index (χ1n) is 6.48. The van der Waals surface area contributed by atoms with Crippen LogP contribution in [0.4, 0.5) is 5.69 Å². The number of hydrogen-bond donors (Lipinski definition) is 0. The highest BCUT2D eigenvalue weighted by Gasteiger charge is 2.35. The van der Waals surface area contributed by atoms with Gasteiger partial charge in [0, 0.05) is 42.1 Å². The zero-order chi connectivity index (χ0) is 13.4. The molecule has 1 amide bonds. The van der Waals surface area contributed by atoms with Gasteiger partial charge in [0.25, 0.3) is 0 Å². The molecule has 1 atom stereocenters. The van der Waals surface area contributed by atoms with E-state index in [0.29, 0.717) is 23.9 Å². The summed E-state index contributed by atoms with van der Waals surface area (Å²) >= 11 is 3.53. The first-order chi connectivity index (χ1) is 9.19. The van der Waals surface area contributed by atoms with Crippen molar-refractivity contribution in [3.8, 4) is 0 Å². The zero-order valence-corrected chi connectivity index (χ0v) is 12.1. The van der Waals surface area contributed by atoms with Crippen molar-refractivity contribution >= 4 is 33.8 Å². The number of hydrogen-bond acceptors (Lipinski definition) is 3. The van der Waals surface area contributed by atoms with Gasteiger partial charge in [-0.15, -0.1) is 0 Å². The van der Waals surface area contributed by atoms with Crippen molar-refractivity contribution in [2.75, 3.05) is 24.5 Å². The molecule has 2 heterocycles. The fourth-order valence-electron chi connectivity index (χ4n) is 2.94. The number of amides is 1. The smallest absolute Gasteiger partial charge is 0.223 e. The van der Waals surface area contributed by atoms with Crippen molar-refractivity contribution in [3.05, 3.63) is 28.2 Å². The molecule has 2 saturated heterocycles. The van der Waals surface area contributed by atoms with E-state index in [1.807, 2.05) is 23.1 Å². The minimum absolute atomic E-state index is 0.292. The van der Waals surface area contributed by atoms with Crippen LogP contribution in [-0.2, 0) is 4.79 Å². The molecule has 0 aromatic heterocycles. The van der Waals surface area contributed by atoms with Gasteiger partial charge in [0.2, 0.25) is 5.91 Å². The molecule has 5 heteroatoms. The lowest BCUT2D eigenvalue weighted by molar-refractivity contribution is -0.129. The van der Waals surface area contributed by atoms with Gasteiger partial charge in [-0.1, -0.05) is 0 Å². The summed E-state index contributed by atoms with van der Waals surface area (Å²) in [7, 11) is 0. The molecule has 0 radical (unpaired) electrons. The van der Waals surface area contributed by atoms with E-state index in [0.717, 1.165) is 42.5 Å². The lowest BCUT2D eigenvalue weighted by atomic mass is 10.1. The summed E-state index contributed by atoms with van der Waals surface area (Å²) in [5.74, 6) is 0.292. The van der Waals surface area contributed by atoms with E-state index in [2.05, 4.69) is 20.8 Å². The summed E-state index contributed by atoms with van der Waals surface area (Å²) < 4.78 is 0.940. The fourth-order valence-corrected chi connectivity index (χ4v) is 3.58. The van der Waals surface area contributed by atoms with Gasteiger partial charge in [-0.25, -0.2) is 0 Å². The lowest BCUT2D eigenvalue weighted by Crippen LogP contribution is -2.51. The van der Waals surface area contributed by atoms with Crippen LogP contribution >= 0.6 is 15.9 Å². The molecule has 0 saturated carbocycles. The van der Waals surface area contributed by atoms with Gasteiger partial charge in [0.15, 0.2) is 0 Å². The molecule has 0 N–H and O–H groups in total. The highest BCUT2D eigenvalue weighted by atomic mass is 79.9. The van der Waals surface area contributed by atoms with Crippen molar-refractivity contribution in [1.82, 2.24) is 4.90 Å². The van der Waals surface area contributed by atoms with Crippen LogP contribution in [-0.4, -0.2) is 42.8 Å². The average molecular weight is 323 g/mol. The van der Waals surface area contributed by atoms with Gasteiger partial charge in [0.05, 0.1) is 5.69 Å². The third-order valence-corrected chi connectivity index (χ3v) is 4.58. The number of benzene rings is 1. The maximum absolute atomic E-state index is 11.7. The Labute approximate surface area is 120 Å². The summed E-state index contributed by atoms with van der Waals surface area (Å²) in [6.45, 7) is 2.53. The molecule has 2 aliphatic heterocycles. The molecule has 19 heavy (non-hydrogen) atoms. The number of halogens is 1. The third-order valence-electron chi connectivity index (χ3n) is 3.94. The number of carbonyl (C=O) groups excluding carboxylic acids is 2. The molecule has 3 rings (SSSR count). The van der Waals surface area contributed by atoms with E-state index < -0.39 is 0 Å². The Bertz CT molecular complexity index is 532. The molecule has 0 bridgehead atoms. The number of fused-ring (bicyclic) bond motifs is 1. The first-order valence-corrected chi connectivity index (χ1v) is 7.27. The van der Waals surface area contributed by atoms with E-state index in [9.17, 15) is 9.59 Å². The van der Waals surface area contributed by atoms with Crippen LogP contribution in [0.3, 0.4) is 0 Å². The predicted octanol–water partition coefficient (Wildman–Crippen LogP) is 2.07. The van der Waals surface area contributed by atoms with Gasteiger partial charge < -0.3 is 9.80 Å². The number of nitrogens with zero attached hydrogens (tertiary/aromatic N) is 2. The summed E-state index contributed by atoms with van der Waals surface area (Å²) in [6.07, 6.45) is 2.49. The van der Waals surface area contributed by atoms with E-state index in [-0.39, 0.29) is 0 Å². The van der Waals surface area contributed by atoms with Gasteiger partial charge in [-0.2, -0.15) is 0 Å². The second kappa shape index (κ2) is 4.96. The zero-order valence-electron chi connectivity index (χ0n) is 10.5. The Hall–Kier alpha value is -1.36. The van der Waals surface area contributed by atoms with Crippen LogP contribution in [0.1, 0.15) is 23.2 Å². The summed E-state index contributed by atoms with van der Waals surface area (Å²) in [5, 5.41) is 0. The van der Waals surface area contributed by atoms with Crippen molar-refractivity contribution in [2.45, 2.75) is 18.9 Å². The Morgan fingerprint density at radius 1 is 1.32 bits per heavy atom. The largest absolute Gasteiger partial charge is 0.367 e. The highest BCUT2D eigenvalue weighted by molar-refractivity contribution is 9.10. The maximum Gasteiger partial charge on any atom is 0.223 e. The van der Waals surface area contributed by atoms with Crippen molar-refractivity contribution in [2.24, 2.45) is 0 Å². The molecular formula is C14H15BrN2O2. The van der Waals surface area contributed by atoms with Crippen LogP contribution in [0, 0.1) is 0 Å². The minimum Gasteiger partial charge on any atom is -0.367 e. The molecule has 2 fully saturated rings. The van der Waals surface area contributed by atoms with Gasteiger partial charge in [0.1, 0.15) is 6.29 Å². The monoisotopic (exact) mass is 322 g/mol. The number of piperazine rings is 1. The quantitative estimate of drug-likeness (QED) is 0.783. The van der Waals surface area contributed by atoms with Crippen molar-refractivity contribution < 1.29 is 9.59 Å².